The van der Waals surface area contributed by atoms with E-state index in [-0.39, 0.29) is 10.8 Å². The fraction of sp³-hybridized carbons (Fsp3) is 0.652. The number of aryl methyl sites for hydroxylation is 2. The molecule has 1 aromatic heterocycles. The van der Waals surface area contributed by atoms with Crippen LogP contribution in [0.15, 0.2) is 23.1 Å². The van der Waals surface area contributed by atoms with Gasteiger partial charge in [-0.3, -0.25) is 9.69 Å². The molecular weight excluding hydrogens is 426 g/mol. The second-order valence-electron chi connectivity index (χ2n) is 8.95. The number of hydrogen-bond acceptors (Lipinski definition) is 5. The Hall–Kier alpha value is -1.97. The normalized spacial score (nSPS) is 18.1. The minimum atomic E-state index is -3.53. The van der Waals surface area contributed by atoms with Gasteiger partial charge < -0.3 is 9.47 Å². The maximum atomic E-state index is 12.8. The van der Waals surface area contributed by atoms with Gasteiger partial charge in [0.1, 0.15) is 5.82 Å². The number of sulfonamides is 1. The molecule has 2 aliphatic rings. The van der Waals surface area contributed by atoms with Crippen molar-refractivity contribution in [3.05, 3.63) is 24.0 Å². The number of hydrogen-bond donors (Lipinski definition) is 0. The Morgan fingerprint density at radius 3 is 2.44 bits per heavy atom. The summed E-state index contributed by atoms with van der Waals surface area (Å²) in [5.74, 6) is 1.86. The van der Waals surface area contributed by atoms with E-state index in [0.29, 0.717) is 31.4 Å². The van der Waals surface area contributed by atoms with Crippen LogP contribution < -0.4 is 0 Å². The minimum absolute atomic E-state index is 0.174. The highest BCUT2D eigenvalue weighted by atomic mass is 32.2. The molecule has 0 unspecified atom stereocenters. The third kappa shape index (κ3) is 4.84. The Balaban J connectivity index is 1.40. The summed E-state index contributed by atoms with van der Waals surface area (Å²) in [6.07, 6.45) is 3.69. The lowest BCUT2D eigenvalue weighted by molar-refractivity contribution is -0.132. The van der Waals surface area contributed by atoms with Crippen molar-refractivity contribution < 1.29 is 13.2 Å². The quantitative estimate of drug-likeness (QED) is 0.571. The largest absolute Gasteiger partial charge is 0.340 e. The molecular formula is C23H35N5O3S. The SMILES string of the molecule is CCN(CC)S(=O)(=O)c1ccc2c(c1)nc(CCC(=O)N1CCN(CC3CC3)CC1)n2C. The first kappa shape index (κ1) is 23.2. The van der Waals surface area contributed by atoms with E-state index in [1.54, 1.807) is 12.1 Å². The molecule has 2 fully saturated rings. The molecule has 1 aliphatic carbocycles. The highest BCUT2D eigenvalue weighted by molar-refractivity contribution is 7.89. The molecule has 1 saturated heterocycles. The van der Waals surface area contributed by atoms with Gasteiger partial charge in [-0.05, 0) is 37.0 Å². The number of piperazine rings is 1. The second-order valence-corrected chi connectivity index (χ2v) is 10.9. The summed E-state index contributed by atoms with van der Waals surface area (Å²) in [5, 5.41) is 0. The predicted molar refractivity (Wildman–Crippen MR) is 125 cm³/mol. The van der Waals surface area contributed by atoms with Crippen molar-refractivity contribution in [1.82, 2.24) is 23.7 Å². The van der Waals surface area contributed by atoms with Crippen LogP contribution in [0.4, 0.5) is 0 Å². The number of benzene rings is 1. The smallest absolute Gasteiger partial charge is 0.243 e. The third-order valence-corrected chi connectivity index (χ3v) is 8.83. The van der Waals surface area contributed by atoms with Gasteiger partial charge in [-0.1, -0.05) is 13.8 Å². The second kappa shape index (κ2) is 9.49. The molecule has 176 valence electrons. The van der Waals surface area contributed by atoms with Crippen molar-refractivity contribution in [3.8, 4) is 0 Å². The monoisotopic (exact) mass is 461 g/mol. The predicted octanol–water partition coefficient (Wildman–Crippen LogP) is 2.09. The van der Waals surface area contributed by atoms with Crippen molar-refractivity contribution in [2.45, 2.75) is 44.4 Å². The van der Waals surface area contributed by atoms with Crippen LogP contribution in [0, 0.1) is 5.92 Å². The summed E-state index contributed by atoms with van der Waals surface area (Å²) in [6, 6.07) is 5.10. The molecule has 0 bridgehead atoms. The van der Waals surface area contributed by atoms with Gasteiger partial charge in [0.25, 0.3) is 0 Å². The molecule has 8 nitrogen and oxygen atoms in total. The Morgan fingerprint density at radius 1 is 1.12 bits per heavy atom. The fourth-order valence-corrected chi connectivity index (χ4v) is 6.03. The van der Waals surface area contributed by atoms with E-state index in [1.807, 2.05) is 36.4 Å². The molecule has 4 rings (SSSR count). The number of imidazole rings is 1. The van der Waals surface area contributed by atoms with E-state index in [9.17, 15) is 13.2 Å². The van der Waals surface area contributed by atoms with Gasteiger partial charge >= 0.3 is 0 Å². The summed E-state index contributed by atoms with van der Waals surface area (Å²) in [4.78, 5) is 22.1. The summed E-state index contributed by atoms with van der Waals surface area (Å²) in [7, 11) is -1.60. The summed E-state index contributed by atoms with van der Waals surface area (Å²) in [6.45, 7) is 9.28. The zero-order chi connectivity index (χ0) is 22.9. The average molecular weight is 462 g/mol. The lowest BCUT2D eigenvalue weighted by atomic mass is 10.2. The first-order valence-electron chi connectivity index (χ1n) is 11.8. The number of carbonyl (C=O) groups excluding carboxylic acids is 1. The van der Waals surface area contributed by atoms with Crippen LogP contribution in [0.25, 0.3) is 11.0 Å². The van der Waals surface area contributed by atoms with Crippen molar-refractivity contribution in [2.24, 2.45) is 13.0 Å². The third-order valence-electron chi connectivity index (χ3n) is 6.79. The molecule has 9 heteroatoms. The van der Waals surface area contributed by atoms with Gasteiger partial charge in [-0.2, -0.15) is 4.31 Å². The fourth-order valence-electron chi connectivity index (χ4n) is 4.55. The van der Waals surface area contributed by atoms with Gasteiger partial charge in [0.05, 0.1) is 15.9 Å². The molecule has 2 aromatic rings. The standard InChI is InChI=1S/C23H35N5O3S/c1-4-28(5-2)32(30,31)19-8-9-21-20(16-19)24-22(25(21)3)10-11-23(29)27-14-12-26(13-15-27)17-18-6-7-18/h8-9,16,18H,4-7,10-15,17H2,1-3H3. The van der Waals surface area contributed by atoms with Gasteiger partial charge in [0.15, 0.2) is 0 Å². The van der Waals surface area contributed by atoms with Gasteiger partial charge in [-0.15, -0.1) is 0 Å². The molecule has 0 atom stereocenters. The van der Waals surface area contributed by atoms with Gasteiger partial charge in [0.2, 0.25) is 15.9 Å². The van der Waals surface area contributed by atoms with Crippen LogP contribution in [0.1, 0.15) is 38.9 Å². The van der Waals surface area contributed by atoms with E-state index in [2.05, 4.69) is 9.88 Å². The van der Waals surface area contributed by atoms with Gasteiger partial charge in [-0.25, -0.2) is 13.4 Å². The molecule has 1 saturated carbocycles. The van der Waals surface area contributed by atoms with Crippen molar-refractivity contribution in [2.75, 3.05) is 45.8 Å². The van der Waals surface area contributed by atoms with E-state index in [1.165, 1.54) is 23.7 Å². The van der Waals surface area contributed by atoms with E-state index >= 15 is 0 Å². The lowest BCUT2D eigenvalue weighted by Crippen LogP contribution is -2.49. The van der Waals surface area contributed by atoms with Crippen molar-refractivity contribution in [1.29, 1.82) is 0 Å². The Labute approximate surface area is 191 Å². The molecule has 1 amide bonds. The number of aromatic nitrogens is 2. The highest BCUT2D eigenvalue weighted by Gasteiger charge is 2.28. The first-order chi connectivity index (χ1) is 15.3. The first-order valence-corrected chi connectivity index (χ1v) is 13.2. The molecule has 1 aliphatic heterocycles. The van der Waals surface area contributed by atoms with Crippen molar-refractivity contribution in [3.63, 3.8) is 0 Å². The van der Waals surface area contributed by atoms with Crippen LogP contribution in [0.3, 0.4) is 0 Å². The molecule has 0 N–H and O–H groups in total. The number of amides is 1. The summed E-state index contributed by atoms with van der Waals surface area (Å²) >= 11 is 0. The van der Waals surface area contributed by atoms with E-state index in [0.717, 1.165) is 43.4 Å². The van der Waals surface area contributed by atoms with E-state index in [4.69, 9.17) is 0 Å². The van der Waals surface area contributed by atoms with Crippen molar-refractivity contribution >= 4 is 27.0 Å². The molecule has 2 heterocycles. The summed E-state index contributed by atoms with van der Waals surface area (Å²) < 4.78 is 29.1. The lowest BCUT2D eigenvalue weighted by Gasteiger charge is -2.34. The topological polar surface area (TPSA) is 78.8 Å². The average Bonchev–Trinajstić information content (AvgIpc) is 3.55. The molecule has 1 aromatic carbocycles. The van der Waals surface area contributed by atoms with Crippen LogP contribution in [-0.4, -0.2) is 83.8 Å². The number of carbonyl (C=O) groups is 1. The number of rotatable bonds is 9. The molecule has 32 heavy (non-hydrogen) atoms. The van der Waals surface area contributed by atoms with Crippen LogP contribution >= 0.6 is 0 Å². The minimum Gasteiger partial charge on any atom is -0.340 e. The molecule has 0 radical (unpaired) electrons. The number of nitrogens with zero attached hydrogens (tertiary/aromatic N) is 5. The van der Waals surface area contributed by atoms with E-state index < -0.39 is 10.0 Å². The Bertz CT molecular complexity index is 1060. The molecule has 0 spiro atoms. The number of fused-ring (bicyclic) bond motifs is 1. The Kier molecular flexibility index (Phi) is 6.88. The van der Waals surface area contributed by atoms with Crippen LogP contribution in [-0.2, 0) is 28.3 Å². The van der Waals surface area contributed by atoms with Crippen LogP contribution in [0.2, 0.25) is 0 Å². The maximum Gasteiger partial charge on any atom is 0.243 e. The zero-order valence-electron chi connectivity index (χ0n) is 19.5. The maximum absolute atomic E-state index is 12.8. The van der Waals surface area contributed by atoms with Gasteiger partial charge in [0, 0.05) is 65.7 Å². The zero-order valence-corrected chi connectivity index (χ0v) is 20.3. The Morgan fingerprint density at radius 2 is 1.81 bits per heavy atom. The highest BCUT2D eigenvalue weighted by Crippen LogP contribution is 2.30. The van der Waals surface area contributed by atoms with Crippen LogP contribution in [0.5, 0.6) is 0 Å². The summed E-state index contributed by atoms with van der Waals surface area (Å²) in [5.41, 5.74) is 1.52.